The van der Waals surface area contributed by atoms with Gasteiger partial charge in [-0.25, -0.2) is 4.98 Å². The molecule has 3 rings (SSSR count). The van der Waals surface area contributed by atoms with Gasteiger partial charge in [0.15, 0.2) is 11.5 Å². The first-order valence-electron chi connectivity index (χ1n) is 7.43. The van der Waals surface area contributed by atoms with Crippen LogP contribution in [0.3, 0.4) is 0 Å². The van der Waals surface area contributed by atoms with Crippen LogP contribution in [0.5, 0.6) is 0 Å². The highest BCUT2D eigenvalue weighted by atomic mass is 16.4. The second-order valence-corrected chi connectivity index (χ2v) is 5.78. The maximum absolute atomic E-state index is 10.6. The summed E-state index contributed by atoms with van der Waals surface area (Å²) in [6, 6.07) is 6.05. The molecule has 2 aromatic rings. The number of piperidine rings is 1. The lowest BCUT2D eigenvalue weighted by Gasteiger charge is -2.29. The Kier molecular flexibility index (Phi) is 3.92. The molecule has 112 valence electrons. The molecule has 0 spiro atoms. The zero-order valence-electron chi connectivity index (χ0n) is 12.2. The van der Waals surface area contributed by atoms with Crippen molar-refractivity contribution in [2.45, 2.75) is 32.1 Å². The summed E-state index contributed by atoms with van der Waals surface area (Å²) in [7, 11) is 0. The number of carboxylic acid groups (broad SMARTS) is 1. The van der Waals surface area contributed by atoms with E-state index in [9.17, 15) is 4.79 Å². The van der Waals surface area contributed by atoms with E-state index in [0.717, 1.165) is 42.9 Å². The molecule has 1 aliphatic heterocycles. The molecule has 0 unspecified atom stereocenters. The molecule has 0 aliphatic carbocycles. The van der Waals surface area contributed by atoms with Gasteiger partial charge in [0, 0.05) is 12.5 Å². The van der Waals surface area contributed by atoms with Gasteiger partial charge in [0.05, 0.1) is 6.42 Å². The Morgan fingerprint density at radius 1 is 1.43 bits per heavy atom. The number of rotatable bonds is 4. The van der Waals surface area contributed by atoms with Crippen LogP contribution in [-0.2, 0) is 4.79 Å². The molecule has 0 amide bonds. The van der Waals surface area contributed by atoms with Gasteiger partial charge < -0.3 is 14.4 Å². The number of likely N-dealkylation sites (tertiary alicyclic amines) is 1. The monoisotopic (exact) mass is 288 g/mol. The number of hydrogen-bond donors (Lipinski definition) is 1. The molecule has 1 aromatic carbocycles. The van der Waals surface area contributed by atoms with Gasteiger partial charge in [-0.05, 0) is 50.6 Å². The number of carbonyl (C=O) groups is 1. The highest BCUT2D eigenvalue weighted by Gasteiger charge is 2.24. The minimum atomic E-state index is -0.730. The number of benzene rings is 1. The van der Waals surface area contributed by atoms with Crippen LogP contribution in [0, 0.1) is 6.92 Å². The molecule has 0 radical (unpaired) electrons. The summed E-state index contributed by atoms with van der Waals surface area (Å²) in [6.07, 6.45) is 2.17. The van der Waals surface area contributed by atoms with Crippen molar-refractivity contribution >= 4 is 17.1 Å². The van der Waals surface area contributed by atoms with E-state index in [1.807, 2.05) is 18.2 Å². The molecule has 0 saturated carbocycles. The molecule has 5 heteroatoms. The predicted octanol–water partition coefficient (Wildman–Crippen LogP) is 2.79. The van der Waals surface area contributed by atoms with E-state index in [2.05, 4.69) is 16.8 Å². The minimum Gasteiger partial charge on any atom is -0.481 e. The van der Waals surface area contributed by atoms with Gasteiger partial charge in [-0.3, -0.25) is 4.79 Å². The molecule has 0 atom stereocenters. The van der Waals surface area contributed by atoms with Gasteiger partial charge >= 0.3 is 5.97 Å². The molecular weight excluding hydrogens is 268 g/mol. The van der Waals surface area contributed by atoms with Gasteiger partial charge in [-0.1, -0.05) is 6.07 Å². The molecule has 0 bridgehead atoms. The van der Waals surface area contributed by atoms with Crippen molar-refractivity contribution < 1.29 is 14.3 Å². The van der Waals surface area contributed by atoms with Crippen LogP contribution < -0.4 is 0 Å². The summed E-state index contributed by atoms with van der Waals surface area (Å²) >= 11 is 0. The number of aryl methyl sites for hydroxylation is 1. The maximum atomic E-state index is 10.6. The Morgan fingerprint density at radius 3 is 2.90 bits per heavy atom. The first kappa shape index (κ1) is 14.1. The average molecular weight is 288 g/mol. The lowest BCUT2D eigenvalue weighted by atomic mass is 9.97. The predicted molar refractivity (Wildman–Crippen MR) is 79.4 cm³/mol. The quantitative estimate of drug-likeness (QED) is 0.937. The summed E-state index contributed by atoms with van der Waals surface area (Å²) < 4.78 is 5.87. The summed E-state index contributed by atoms with van der Waals surface area (Å²) in [5.41, 5.74) is 2.97. The summed E-state index contributed by atoms with van der Waals surface area (Å²) in [4.78, 5) is 17.4. The fourth-order valence-corrected chi connectivity index (χ4v) is 2.89. The lowest BCUT2D eigenvalue weighted by Crippen LogP contribution is -2.34. The Hall–Kier alpha value is -1.88. The van der Waals surface area contributed by atoms with Crippen LogP contribution in [0.4, 0.5) is 0 Å². The normalized spacial score (nSPS) is 17.4. The fraction of sp³-hybridized carbons (Fsp3) is 0.500. The summed E-state index contributed by atoms with van der Waals surface area (Å²) in [5.74, 6) is 0.443. The smallest absolute Gasteiger partial charge is 0.304 e. The van der Waals surface area contributed by atoms with E-state index >= 15 is 0 Å². The van der Waals surface area contributed by atoms with Crippen LogP contribution in [0.15, 0.2) is 22.6 Å². The van der Waals surface area contributed by atoms with Gasteiger partial charge in [0.2, 0.25) is 0 Å². The van der Waals surface area contributed by atoms with Crippen molar-refractivity contribution in [1.82, 2.24) is 9.88 Å². The van der Waals surface area contributed by atoms with E-state index in [1.54, 1.807) is 0 Å². The molecule has 2 heterocycles. The van der Waals surface area contributed by atoms with E-state index < -0.39 is 5.97 Å². The van der Waals surface area contributed by atoms with E-state index in [-0.39, 0.29) is 6.42 Å². The Morgan fingerprint density at radius 2 is 2.19 bits per heavy atom. The SMILES string of the molecule is Cc1ccc2oc(C3CCN(CCC(=O)O)CC3)nc2c1. The van der Waals surface area contributed by atoms with Gasteiger partial charge in [0.1, 0.15) is 5.52 Å². The number of carboxylic acids is 1. The number of aliphatic carboxylic acids is 1. The van der Waals surface area contributed by atoms with Gasteiger partial charge in [0.25, 0.3) is 0 Å². The van der Waals surface area contributed by atoms with Crippen LogP contribution >= 0.6 is 0 Å². The topological polar surface area (TPSA) is 66.6 Å². The Balaban J connectivity index is 1.64. The lowest BCUT2D eigenvalue weighted by molar-refractivity contribution is -0.137. The summed E-state index contributed by atoms with van der Waals surface area (Å²) in [6.45, 7) is 4.51. The second kappa shape index (κ2) is 5.85. The molecular formula is C16H20N2O3. The van der Waals surface area contributed by atoms with Crippen LogP contribution in [0.2, 0.25) is 0 Å². The Labute approximate surface area is 123 Å². The fourth-order valence-electron chi connectivity index (χ4n) is 2.89. The first-order valence-corrected chi connectivity index (χ1v) is 7.43. The Bertz CT molecular complexity index is 642. The highest BCUT2D eigenvalue weighted by Crippen LogP contribution is 2.30. The molecule has 1 aliphatic rings. The third-order valence-corrected chi connectivity index (χ3v) is 4.14. The van der Waals surface area contributed by atoms with E-state index in [4.69, 9.17) is 9.52 Å². The maximum Gasteiger partial charge on any atom is 0.304 e. The number of hydrogen-bond acceptors (Lipinski definition) is 4. The number of aromatic nitrogens is 1. The standard InChI is InChI=1S/C16H20N2O3/c1-11-2-3-14-13(10-11)17-16(21-14)12-4-7-18(8-5-12)9-6-15(19)20/h2-3,10,12H,4-9H2,1H3,(H,19,20). The molecule has 1 N–H and O–H groups in total. The molecule has 5 nitrogen and oxygen atoms in total. The second-order valence-electron chi connectivity index (χ2n) is 5.78. The zero-order valence-corrected chi connectivity index (χ0v) is 12.2. The van der Waals surface area contributed by atoms with Crippen molar-refractivity contribution in [3.63, 3.8) is 0 Å². The van der Waals surface area contributed by atoms with Crippen LogP contribution in [0.1, 0.15) is 36.6 Å². The van der Waals surface area contributed by atoms with Crippen molar-refractivity contribution in [1.29, 1.82) is 0 Å². The first-order chi connectivity index (χ1) is 10.1. The molecule has 1 aromatic heterocycles. The van der Waals surface area contributed by atoms with Crippen LogP contribution in [0.25, 0.3) is 11.1 Å². The summed E-state index contributed by atoms with van der Waals surface area (Å²) in [5, 5.41) is 8.73. The van der Waals surface area contributed by atoms with E-state index in [0.29, 0.717) is 12.5 Å². The minimum absolute atomic E-state index is 0.215. The van der Waals surface area contributed by atoms with Crippen molar-refractivity contribution in [3.05, 3.63) is 29.7 Å². The number of oxazole rings is 1. The van der Waals surface area contributed by atoms with Crippen LogP contribution in [-0.4, -0.2) is 40.6 Å². The van der Waals surface area contributed by atoms with Crippen molar-refractivity contribution in [2.75, 3.05) is 19.6 Å². The van der Waals surface area contributed by atoms with Crippen molar-refractivity contribution in [3.8, 4) is 0 Å². The molecule has 21 heavy (non-hydrogen) atoms. The molecule has 1 fully saturated rings. The highest BCUT2D eigenvalue weighted by molar-refractivity contribution is 5.73. The number of nitrogens with zero attached hydrogens (tertiary/aromatic N) is 2. The van der Waals surface area contributed by atoms with Gasteiger partial charge in [-0.2, -0.15) is 0 Å². The third-order valence-electron chi connectivity index (χ3n) is 4.14. The third kappa shape index (κ3) is 3.24. The zero-order chi connectivity index (χ0) is 14.8. The largest absolute Gasteiger partial charge is 0.481 e. The number of fused-ring (bicyclic) bond motifs is 1. The average Bonchev–Trinajstić information content (AvgIpc) is 2.88. The van der Waals surface area contributed by atoms with Gasteiger partial charge in [-0.15, -0.1) is 0 Å². The van der Waals surface area contributed by atoms with Crippen molar-refractivity contribution in [2.24, 2.45) is 0 Å². The molecule has 1 saturated heterocycles. The van der Waals surface area contributed by atoms with E-state index in [1.165, 1.54) is 5.56 Å².